The first-order valence-electron chi connectivity index (χ1n) is 8.12. The Kier molecular flexibility index (Phi) is 4.93. The fraction of sp³-hybridized carbons (Fsp3) is 0. The van der Waals surface area contributed by atoms with E-state index < -0.39 is 5.91 Å². The van der Waals surface area contributed by atoms with Gasteiger partial charge in [0.05, 0.1) is 28.1 Å². The lowest BCUT2D eigenvalue weighted by Gasteiger charge is -2.13. The van der Waals surface area contributed by atoms with Crippen LogP contribution < -0.4 is 5.01 Å². The summed E-state index contributed by atoms with van der Waals surface area (Å²) >= 11 is 2.67. The number of anilines is 1. The lowest BCUT2D eigenvalue weighted by atomic mass is 10.1. The van der Waals surface area contributed by atoms with Gasteiger partial charge in [0.15, 0.2) is 0 Å². The molecule has 0 bridgehead atoms. The predicted molar refractivity (Wildman–Crippen MR) is 109 cm³/mol. The van der Waals surface area contributed by atoms with E-state index in [2.05, 4.69) is 10.1 Å². The number of thiazole rings is 1. The molecule has 4 rings (SSSR count). The number of hydrogen-bond donors (Lipinski definition) is 0. The molecule has 0 radical (unpaired) electrons. The van der Waals surface area contributed by atoms with Crippen molar-refractivity contribution < 1.29 is 9.18 Å². The second kappa shape index (κ2) is 7.68. The van der Waals surface area contributed by atoms with E-state index in [1.54, 1.807) is 36.5 Å². The third kappa shape index (κ3) is 3.67. The van der Waals surface area contributed by atoms with E-state index in [9.17, 15) is 9.18 Å². The van der Waals surface area contributed by atoms with E-state index >= 15 is 0 Å². The smallest absolute Gasteiger partial charge is 0.267 e. The van der Waals surface area contributed by atoms with Gasteiger partial charge in [-0.2, -0.15) is 15.4 Å². The fourth-order valence-corrected chi connectivity index (χ4v) is 3.98. The van der Waals surface area contributed by atoms with Gasteiger partial charge in [-0.05, 0) is 53.9 Å². The van der Waals surface area contributed by atoms with E-state index in [1.807, 2.05) is 23.6 Å². The number of amides is 1. The number of fused-ring (bicyclic) bond motifs is 1. The molecule has 28 heavy (non-hydrogen) atoms. The zero-order valence-corrected chi connectivity index (χ0v) is 15.9. The van der Waals surface area contributed by atoms with Crippen molar-refractivity contribution in [2.75, 3.05) is 5.01 Å². The summed E-state index contributed by atoms with van der Waals surface area (Å²) in [5, 5.41) is 16.7. The number of nitriles is 1. The normalized spacial score (nSPS) is 11.0. The minimum atomic E-state index is -0.392. The molecule has 0 saturated heterocycles. The fourth-order valence-electron chi connectivity index (χ4n) is 2.45. The summed E-state index contributed by atoms with van der Waals surface area (Å²) in [6.07, 6.45) is 1.58. The Bertz CT molecular complexity index is 1210. The van der Waals surface area contributed by atoms with Crippen LogP contribution in [0.15, 0.2) is 65.1 Å². The number of rotatable bonds is 4. The van der Waals surface area contributed by atoms with Crippen molar-refractivity contribution in [2.24, 2.45) is 5.10 Å². The highest BCUT2D eigenvalue weighted by atomic mass is 32.1. The van der Waals surface area contributed by atoms with Crippen LogP contribution in [0.3, 0.4) is 0 Å². The molecule has 136 valence electrons. The van der Waals surface area contributed by atoms with Gasteiger partial charge in [0.2, 0.25) is 5.13 Å². The monoisotopic (exact) mass is 406 g/mol. The highest BCUT2D eigenvalue weighted by Crippen LogP contribution is 2.30. The maximum atomic E-state index is 13.5. The Labute approximate surface area is 167 Å². The van der Waals surface area contributed by atoms with Gasteiger partial charge in [-0.15, -0.1) is 11.3 Å². The Balaban J connectivity index is 1.75. The van der Waals surface area contributed by atoms with Crippen LogP contribution >= 0.6 is 22.7 Å². The lowest BCUT2D eigenvalue weighted by molar-refractivity contribution is 0.0988. The zero-order chi connectivity index (χ0) is 19.5. The van der Waals surface area contributed by atoms with Gasteiger partial charge in [-0.3, -0.25) is 4.79 Å². The number of hydrogen-bond acceptors (Lipinski definition) is 6. The van der Waals surface area contributed by atoms with Crippen LogP contribution in [0.2, 0.25) is 0 Å². The molecule has 0 aliphatic carbocycles. The van der Waals surface area contributed by atoms with Crippen molar-refractivity contribution >= 4 is 50.1 Å². The summed E-state index contributed by atoms with van der Waals surface area (Å²) in [6, 6.07) is 16.3. The first-order chi connectivity index (χ1) is 13.6. The van der Waals surface area contributed by atoms with Gasteiger partial charge >= 0.3 is 0 Å². The molecule has 5 nitrogen and oxygen atoms in total. The molecule has 8 heteroatoms. The number of carbonyl (C=O) groups is 1. The van der Waals surface area contributed by atoms with Crippen LogP contribution in [0.5, 0.6) is 0 Å². The van der Waals surface area contributed by atoms with Crippen molar-refractivity contribution in [1.29, 1.82) is 5.26 Å². The molecule has 0 aliphatic heterocycles. The molecule has 0 aliphatic rings. The minimum Gasteiger partial charge on any atom is -0.267 e. The number of carbonyl (C=O) groups excluding carboxylic acids is 1. The van der Waals surface area contributed by atoms with Crippen LogP contribution in [0.25, 0.3) is 10.2 Å². The molecule has 1 amide bonds. The molecule has 0 N–H and O–H groups in total. The molecule has 2 aromatic carbocycles. The first kappa shape index (κ1) is 18.0. The molecular weight excluding hydrogens is 395 g/mol. The number of hydrazone groups is 1. The Morgan fingerprint density at radius 1 is 1.21 bits per heavy atom. The van der Waals surface area contributed by atoms with Crippen LogP contribution in [-0.2, 0) is 0 Å². The summed E-state index contributed by atoms with van der Waals surface area (Å²) in [4.78, 5) is 18.4. The van der Waals surface area contributed by atoms with Crippen molar-refractivity contribution in [2.45, 2.75) is 0 Å². The maximum absolute atomic E-state index is 13.5. The summed E-state index contributed by atoms with van der Waals surface area (Å²) in [7, 11) is 0. The van der Waals surface area contributed by atoms with Crippen LogP contribution in [0.1, 0.15) is 20.8 Å². The number of nitrogens with zero attached hydrogens (tertiary/aromatic N) is 4. The molecule has 2 heterocycles. The number of thiophene rings is 1. The second-order valence-electron chi connectivity index (χ2n) is 5.67. The molecular formula is C20H11FN4OS2. The van der Waals surface area contributed by atoms with Crippen LogP contribution in [0, 0.1) is 17.1 Å². The molecule has 0 atom stereocenters. The van der Waals surface area contributed by atoms with Crippen molar-refractivity contribution in [3.05, 3.63) is 81.8 Å². The lowest BCUT2D eigenvalue weighted by Crippen LogP contribution is -2.25. The summed E-state index contributed by atoms with van der Waals surface area (Å²) in [6.45, 7) is 0. The second-order valence-corrected chi connectivity index (χ2v) is 7.66. The van der Waals surface area contributed by atoms with Crippen molar-refractivity contribution in [1.82, 2.24) is 4.98 Å². The molecule has 0 unspecified atom stereocenters. The highest BCUT2D eigenvalue weighted by molar-refractivity contribution is 7.22. The third-order valence-corrected chi connectivity index (χ3v) is 5.62. The van der Waals surface area contributed by atoms with Crippen LogP contribution in [-0.4, -0.2) is 17.1 Å². The van der Waals surface area contributed by atoms with Crippen molar-refractivity contribution in [3.63, 3.8) is 0 Å². The topological polar surface area (TPSA) is 69.3 Å². The predicted octanol–water partition coefficient (Wildman–Crippen LogP) is 5.05. The van der Waals surface area contributed by atoms with Gasteiger partial charge in [0, 0.05) is 10.4 Å². The summed E-state index contributed by atoms with van der Waals surface area (Å²) in [5.74, 6) is -0.758. The highest BCUT2D eigenvalue weighted by Gasteiger charge is 2.21. The number of benzene rings is 2. The quantitative estimate of drug-likeness (QED) is 0.352. The SMILES string of the molecule is N#Cc1ccc(C(=O)N(/N=C\c2cccs2)c2nc3ccc(F)cc3s2)cc1. The van der Waals surface area contributed by atoms with Gasteiger partial charge in [0.1, 0.15) is 5.82 Å². The molecule has 0 fully saturated rings. The van der Waals surface area contributed by atoms with E-state index in [0.717, 1.165) is 4.88 Å². The molecule has 4 aromatic rings. The van der Waals surface area contributed by atoms with Gasteiger partial charge in [0.25, 0.3) is 5.91 Å². The molecule has 0 saturated carbocycles. The summed E-state index contributed by atoms with van der Waals surface area (Å²) in [5.41, 5.74) is 1.42. The standard InChI is InChI=1S/C20H11FN4OS2/c21-15-7-8-17-18(10-15)28-20(24-17)25(23-12-16-2-1-9-27-16)19(26)14-5-3-13(11-22)4-6-14/h1-10,12H/b23-12-. The average Bonchev–Trinajstić information content (AvgIpc) is 3.37. The van der Waals surface area contributed by atoms with E-state index in [4.69, 9.17) is 5.26 Å². The zero-order valence-electron chi connectivity index (χ0n) is 14.2. The average molecular weight is 406 g/mol. The molecule has 2 aromatic heterocycles. The van der Waals surface area contributed by atoms with E-state index in [-0.39, 0.29) is 5.82 Å². The van der Waals surface area contributed by atoms with Gasteiger partial charge < -0.3 is 0 Å². The van der Waals surface area contributed by atoms with E-state index in [0.29, 0.717) is 26.5 Å². The number of halogens is 1. The molecule has 0 spiro atoms. The van der Waals surface area contributed by atoms with Crippen molar-refractivity contribution in [3.8, 4) is 6.07 Å². The maximum Gasteiger partial charge on any atom is 0.280 e. The Morgan fingerprint density at radius 2 is 2.04 bits per heavy atom. The number of aromatic nitrogens is 1. The minimum absolute atomic E-state index is 0.336. The first-order valence-corrected chi connectivity index (χ1v) is 9.82. The Hall–Kier alpha value is -3.41. The van der Waals surface area contributed by atoms with Gasteiger partial charge in [-0.25, -0.2) is 9.37 Å². The van der Waals surface area contributed by atoms with Crippen LogP contribution in [0.4, 0.5) is 9.52 Å². The Morgan fingerprint density at radius 3 is 2.75 bits per heavy atom. The summed E-state index contributed by atoms with van der Waals surface area (Å²) < 4.78 is 14.1. The third-order valence-electron chi connectivity index (χ3n) is 3.82. The van der Waals surface area contributed by atoms with Gasteiger partial charge in [-0.1, -0.05) is 17.4 Å². The van der Waals surface area contributed by atoms with E-state index in [1.165, 1.54) is 39.8 Å². The largest absolute Gasteiger partial charge is 0.280 e.